The van der Waals surface area contributed by atoms with E-state index in [1.54, 1.807) is 19.9 Å². The Morgan fingerprint density at radius 3 is 2.64 bits per heavy atom. The number of pyridine rings is 1. The number of alkyl halides is 3. The molecular formula is C19H17F3N4O2. The van der Waals surface area contributed by atoms with E-state index in [0.29, 0.717) is 28.1 Å². The molecule has 0 amide bonds. The molecule has 1 aromatic carbocycles. The highest BCUT2D eigenvalue weighted by Gasteiger charge is 2.30. The molecule has 0 saturated heterocycles. The van der Waals surface area contributed by atoms with Crippen LogP contribution >= 0.6 is 0 Å². The number of aryl methyl sites for hydroxylation is 1. The minimum absolute atomic E-state index is 0.0808. The van der Waals surface area contributed by atoms with E-state index >= 15 is 0 Å². The topological polar surface area (TPSA) is 77.0 Å². The molecule has 0 aliphatic carbocycles. The molecule has 1 N–H and O–H groups in total. The van der Waals surface area contributed by atoms with Gasteiger partial charge in [-0.05, 0) is 37.6 Å². The first-order valence-corrected chi connectivity index (χ1v) is 8.35. The first-order valence-electron chi connectivity index (χ1n) is 8.35. The third-order valence-electron chi connectivity index (χ3n) is 4.16. The highest BCUT2D eigenvalue weighted by atomic mass is 19.4. The molecule has 28 heavy (non-hydrogen) atoms. The van der Waals surface area contributed by atoms with Gasteiger partial charge in [0.1, 0.15) is 17.3 Å². The number of hydrogen-bond donors (Lipinski definition) is 1. The highest BCUT2D eigenvalue weighted by Crippen LogP contribution is 2.32. The third kappa shape index (κ3) is 4.03. The number of benzene rings is 1. The van der Waals surface area contributed by atoms with E-state index in [-0.39, 0.29) is 5.69 Å². The lowest BCUT2D eigenvalue weighted by Crippen LogP contribution is -2.12. The number of anilines is 1. The maximum atomic E-state index is 13.0. The van der Waals surface area contributed by atoms with Crippen molar-refractivity contribution >= 4 is 22.7 Å². The van der Waals surface area contributed by atoms with E-state index < -0.39 is 23.8 Å². The predicted octanol–water partition coefficient (Wildman–Crippen LogP) is 4.31. The number of hydrogen-bond acceptors (Lipinski definition) is 6. The van der Waals surface area contributed by atoms with Gasteiger partial charge >= 0.3 is 12.1 Å². The van der Waals surface area contributed by atoms with Gasteiger partial charge in [0.05, 0.1) is 24.4 Å². The van der Waals surface area contributed by atoms with E-state index in [4.69, 9.17) is 0 Å². The summed E-state index contributed by atoms with van der Waals surface area (Å²) in [5.41, 5.74) is 0.303. The van der Waals surface area contributed by atoms with Crippen LogP contribution in [-0.2, 0) is 10.9 Å². The number of carbonyl (C=O) groups excluding carboxylic acids is 1. The first-order chi connectivity index (χ1) is 13.2. The summed E-state index contributed by atoms with van der Waals surface area (Å²) in [6, 6.07) is 6.09. The number of fused-ring (bicyclic) bond motifs is 1. The standard InChI is InChI=1S/C19H17F3N4O2/c1-10(12-5-4-6-13(7-12)19(20,21)22)24-17-14-8-15(18(27)28-3)23-9-16(14)25-11(2)26-17/h4-10H,1-3H3,(H,24,25,26)/t10-/m1/s1. The Morgan fingerprint density at radius 1 is 1.21 bits per heavy atom. The Bertz CT molecular complexity index is 1040. The maximum absolute atomic E-state index is 13.0. The van der Waals surface area contributed by atoms with Crippen molar-refractivity contribution in [3.63, 3.8) is 0 Å². The van der Waals surface area contributed by atoms with Gasteiger partial charge in [0.25, 0.3) is 0 Å². The fourth-order valence-corrected chi connectivity index (χ4v) is 2.75. The Balaban J connectivity index is 2.00. The first kappa shape index (κ1) is 19.5. The summed E-state index contributed by atoms with van der Waals surface area (Å²) in [5, 5.41) is 3.62. The molecule has 3 rings (SSSR count). The molecule has 9 heteroatoms. The van der Waals surface area contributed by atoms with Gasteiger partial charge in [-0.25, -0.2) is 19.7 Å². The van der Waals surface area contributed by atoms with Gasteiger partial charge in [0.15, 0.2) is 0 Å². The van der Waals surface area contributed by atoms with Crippen LogP contribution < -0.4 is 5.32 Å². The Morgan fingerprint density at radius 2 is 1.96 bits per heavy atom. The summed E-state index contributed by atoms with van der Waals surface area (Å²) < 4.78 is 43.6. The summed E-state index contributed by atoms with van der Waals surface area (Å²) in [4.78, 5) is 24.4. The number of nitrogens with zero attached hydrogens (tertiary/aromatic N) is 3. The number of esters is 1. The molecular weight excluding hydrogens is 373 g/mol. The van der Waals surface area contributed by atoms with Crippen molar-refractivity contribution in [2.75, 3.05) is 12.4 Å². The molecule has 0 aliphatic rings. The van der Waals surface area contributed by atoms with Gasteiger partial charge in [0, 0.05) is 11.4 Å². The second-order valence-electron chi connectivity index (χ2n) is 6.19. The van der Waals surface area contributed by atoms with Crippen molar-refractivity contribution in [1.82, 2.24) is 15.0 Å². The molecule has 1 atom stereocenters. The van der Waals surface area contributed by atoms with Crippen LogP contribution in [-0.4, -0.2) is 28.0 Å². The van der Waals surface area contributed by atoms with Crippen molar-refractivity contribution in [3.8, 4) is 0 Å². The number of rotatable bonds is 4. The number of carbonyl (C=O) groups is 1. The second kappa shape index (κ2) is 7.41. The molecule has 3 aromatic rings. The summed E-state index contributed by atoms with van der Waals surface area (Å²) in [6.45, 7) is 3.41. The van der Waals surface area contributed by atoms with Crippen LogP contribution in [0.2, 0.25) is 0 Å². The van der Waals surface area contributed by atoms with Gasteiger partial charge in [-0.15, -0.1) is 0 Å². The SMILES string of the molecule is COC(=O)c1cc2c(N[C@H](C)c3cccc(C(F)(F)F)c3)nc(C)nc2cn1. The van der Waals surface area contributed by atoms with Crippen molar-refractivity contribution in [2.45, 2.75) is 26.1 Å². The lowest BCUT2D eigenvalue weighted by Gasteiger charge is -2.18. The number of nitrogens with one attached hydrogen (secondary N) is 1. The zero-order valence-electron chi connectivity index (χ0n) is 15.3. The van der Waals surface area contributed by atoms with Crippen LogP contribution in [0.1, 0.15) is 40.4 Å². The molecule has 0 radical (unpaired) electrons. The zero-order chi connectivity index (χ0) is 20.5. The fraction of sp³-hybridized carbons (Fsp3) is 0.263. The van der Waals surface area contributed by atoms with Gasteiger partial charge in [-0.3, -0.25) is 0 Å². The van der Waals surface area contributed by atoms with Gasteiger partial charge in [-0.2, -0.15) is 13.2 Å². The van der Waals surface area contributed by atoms with Gasteiger partial charge < -0.3 is 10.1 Å². The van der Waals surface area contributed by atoms with Crippen LogP contribution in [0.15, 0.2) is 36.5 Å². The van der Waals surface area contributed by atoms with Crippen LogP contribution in [0, 0.1) is 6.92 Å². The van der Waals surface area contributed by atoms with Crippen molar-refractivity contribution < 1.29 is 22.7 Å². The number of ether oxygens (including phenoxy) is 1. The molecule has 0 aliphatic heterocycles. The number of methoxy groups -OCH3 is 1. The molecule has 0 bridgehead atoms. The van der Waals surface area contributed by atoms with Crippen molar-refractivity contribution in [2.24, 2.45) is 0 Å². The molecule has 6 nitrogen and oxygen atoms in total. The summed E-state index contributed by atoms with van der Waals surface area (Å²) in [6.07, 6.45) is -2.99. The average molecular weight is 390 g/mol. The van der Waals surface area contributed by atoms with Crippen LogP contribution in [0.25, 0.3) is 10.9 Å². The summed E-state index contributed by atoms with van der Waals surface area (Å²) >= 11 is 0. The maximum Gasteiger partial charge on any atom is 0.416 e. The third-order valence-corrected chi connectivity index (χ3v) is 4.16. The molecule has 0 spiro atoms. The normalized spacial score (nSPS) is 12.6. The van der Waals surface area contributed by atoms with Gasteiger partial charge in [-0.1, -0.05) is 12.1 Å². The second-order valence-corrected chi connectivity index (χ2v) is 6.19. The Kier molecular flexibility index (Phi) is 5.17. The van der Waals surface area contributed by atoms with Crippen LogP contribution in [0.3, 0.4) is 0 Å². The molecule has 0 unspecified atom stereocenters. The quantitative estimate of drug-likeness (QED) is 0.669. The lowest BCUT2D eigenvalue weighted by molar-refractivity contribution is -0.137. The molecule has 2 aromatic heterocycles. The van der Waals surface area contributed by atoms with Crippen LogP contribution in [0.4, 0.5) is 19.0 Å². The number of aromatic nitrogens is 3. The van der Waals surface area contributed by atoms with E-state index in [1.165, 1.54) is 25.4 Å². The average Bonchev–Trinajstić information content (AvgIpc) is 2.66. The lowest BCUT2D eigenvalue weighted by atomic mass is 10.0. The minimum Gasteiger partial charge on any atom is -0.464 e. The largest absolute Gasteiger partial charge is 0.464 e. The number of halogens is 3. The molecule has 146 valence electrons. The van der Waals surface area contributed by atoms with E-state index in [9.17, 15) is 18.0 Å². The monoisotopic (exact) mass is 390 g/mol. The summed E-state index contributed by atoms with van der Waals surface area (Å²) in [7, 11) is 1.24. The highest BCUT2D eigenvalue weighted by molar-refractivity contribution is 5.95. The van der Waals surface area contributed by atoms with E-state index in [1.807, 2.05) is 0 Å². The van der Waals surface area contributed by atoms with Crippen molar-refractivity contribution in [3.05, 3.63) is 59.2 Å². The molecule has 0 fully saturated rings. The van der Waals surface area contributed by atoms with E-state index in [2.05, 4.69) is 25.0 Å². The van der Waals surface area contributed by atoms with E-state index in [0.717, 1.165) is 12.1 Å². The Labute approximate surface area is 158 Å². The fourth-order valence-electron chi connectivity index (χ4n) is 2.75. The van der Waals surface area contributed by atoms with Crippen LogP contribution in [0.5, 0.6) is 0 Å². The molecule has 2 heterocycles. The molecule has 0 saturated carbocycles. The smallest absolute Gasteiger partial charge is 0.416 e. The predicted molar refractivity (Wildman–Crippen MR) is 96.9 cm³/mol. The summed E-state index contributed by atoms with van der Waals surface area (Å²) in [5.74, 6) is 0.234. The van der Waals surface area contributed by atoms with Crippen molar-refractivity contribution in [1.29, 1.82) is 0 Å². The Hall–Kier alpha value is -3.23. The minimum atomic E-state index is -4.42. The van der Waals surface area contributed by atoms with Gasteiger partial charge in [0.2, 0.25) is 0 Å². The zero-order valence-corrected chi connectivity index (χ0v) is 15.3.